The highest BCUT2D eigenvalue weighted by Gasteiger charge is 2.26. The molecule has 4 heterocycles. The number of benzene rings is 1. The summed E-state index contributed by atoms with van der Waals surface area (Å²) in [6.45, 7) is 2.88. The Morgan fingerprint density at radius 1 is 0.970 bits per heavy atom. The first-order valence-electron chi connectivity index (χ1n) is 10.3. The molecule has 5 rings (SSSR count). The van der Waals surface area contributed by atoms with Crippen molar-refractivity contribution in [2.45, 2.75) is 0 Å². The predicted molar refractivity (Wildman–Crippen MR) is 124 cm³/mol. The smallest absolute Gasteiger partial charge is 0.290 e. The van der Waals surface area contributed by atoms with Gasteiger partial charge in [-0.25, -0.2) is 15.0 Å². The summed E-state index contributed by atoms with van der Waals surface area (Å²) >= 11 is 0.846. The highest BCUT2D eigenvalue weighted by atomic mass is 32.2. The third-order valence-corrected chi connectivity index (χ3v) is 5.88. The van der Waals surface area contributed by atoms with Crippen molar-refractivity contribution < 1.29 is 14.3 Å². The van der Waals surface area contributed by atoms with Crippen molar-refractivity contribution in [1.29, 1.82) is 0 Å². The standard InChI is InChI=1S/C22H19N7O3S/c30-20-18(33-22(31)27-20)10-15-11-19(32-17-4-2-1-3-5-17)26-21(25-15)29-8-6-28(7-9-29)16-12-23-14-24-13-16/h1-5,10-14H,6-9H2,(H,27,30,31)/b18-10-. The molecular formula is C22H19N7O3S. The van der Waals surface area contributed by atoms with Gasteiger partial charge in [-0.05, 0) is 30.0 Å². The first kappa shape index (κ1) is 20.9. The van der Waals surface area contributed by atoms with Crippen LogP contribution in [0.2, 0.25) is 0 Å². The van der Waals surface area contributed by atoms with Gasteiger partial charge in [0.25, 0.3) is 11.1 Å². The molecule has 2 amide bonds. The van der Waals surface area contributed by atoms with Crippen molar-refractivity contribution in [3.8, 4) is 11.6 Å². The van der Waals surface area contributed by atoms with Crippen LogP contribution in [0, 0.1) is 0 Å². The van der Waals surface area contributed by atoms with Crippen LogP contribution in [0.5, 0.6) is 11.6 Å². The molecule has 0 bridgehead atoms. The highest BCUT2D eigenvalue weighted by Crippen LogP contribution is 2.28. The van der Waals surface area contributed by atoms with Gasteiger partial charge in [-0.15, -0.1) is 0 Å². The van der Waals surface area contributed by atoms with Crippen LogP contribution in [0.4, 0.5) is 16.4 Å². The molecule has 2 aromatic heterocycles. The molecular weight excluding hydrogens is 442 g/mol. The number of aromatic nitrogens is 4. The van der Waals surface area contributed by atoms with Gasteiger partial charge in [0.2, 0.25) is 11.8 Å². The van der Waals surface area contributed by atoms with E-state index in [1.807, 2.05) is 30.3 Å². The number of hydrogen-bond acceptors (Lipinski definition) is 10. The summed E-state index contributed by atoms with van der Waals surface area (Å²) in [6, 6.07) is 11.0. The van der Waals surface area contributed by atoms with Crippen molar-refractivity contribution in [2.24, 2.45) is 0 Å². The minimum atomic E-state index is -0.436. The Morgan fingerprint density at radius 2 is 1.70 bits per heavy atom. The topological polar surface area (TPSA) is 113 Å². The third-order valence-electron chi connectivity index (χ3n) is 5.07. The Morgan fingerprint density at radius 3 is 2.39 bits per heavy atom. The maximum Gasteiger partial charge on any atom is 0.290 e. The lowest BCUT2D eigenvalue weighted by molar-refractivity contribution is -0.115. The van der Waals surface area contributed by atoms with E-state index in [1.54, 1.807) is 24.5 Å². The molecule has 0 radical (unpaired) electrons. The second kappa shape index (κ2) is 9.25. The molecule has 2 fully saturated rings. The minimum Gasteiger partial charge on any atom is -0.439 e. The normalized spacial score (nSPS) is 17.4. The van der Waals surface area contributed by atoms with Gasteiger partial charge < -0.3 is 14.5 Å². The lowest BCUT2D eigenvalue weighted by Gasteiger charge is -2.35. The molecule has 0 saturated carbocycles. The lowest BCUT2D eigenvalue weighted by atomic mass is 10.3. The molecule has 3 aromatic rings. The van der Waals surface area contributed by atoms with Crippen LogP contribution < -0.4 is 19.9 Å². The van der Waals surface area contributed by atoms with Crippen LogP contribution in [0.1, 0.15) is 5.69 Å². The second-order valence-electron chi connectivity index (χ2n) is 7.27. The average molecular weight is 462 g/mol. The predicted octanol–water partition coefficient (Wildman–Crippen LogP) is 2.71. The summed E-state index contributed by atoms with van der Waals surface area (Å²) in [6.07, 6.45) is 6.68. The number of thioether (sulfide) groups is 1. The van der Waals surface area contributed by atoms with Crippen molar-refractivity contribution in [3.63, 3.8) is 0 Å². The molecule has 1 aromatic carbocycles. The zero-order valence-corrected chi connectivity index (χ0v) is 18.2. The van der Waals surface area contributed by atoms with Gasteiger partial charge in [-0.2, -0.15) is 4.98 Å². The molecule has 166 valence electrons. The van der Waals surface area contributed by atoms with Crippen molar-refractivity contribution in [1.82, 2.24) is 25.3 Å². The Bertz CT molecular complexity index is 1200. The molecule has 2 aliphatic rings. The lowest BCUT2D eigenvalue weighted by Crippen LogP contribution is -2.47. The molecule has 1 N–H and O–H groups in total. The van der Waals surface area contributed by atoms with E-state index in [0.717, 1.165) is 30.5 Å². The van der Waals surface area contributed by atoms with Gasteiger partial charge in [0, 0.05) is 32.2 Å². The number of hydrogen-bond donors (Lipinski definition) is 1. The monoisotopic (exact) mass is 461 g/mol. The molecule has 0 aliphatic carbocycles. The van der Waals surface area contributed by atoms with Gasteiger partial charge >= 0.3 is 0 Å². The molecule has 0 spiro atoms. The van der Waals surface area contributed by atoms with Crippen LogP contribution in [-0.4, -0.2) is 57.3 Å². The van der Waals surface area contributed by atoms with E-state index in [0.29, 0.717) is 36.4 Å². The summed E-state index contributed by atoms with van der Waals surface area (Å²) in [5.74, 6) is 1.05. The molecule has 33 heavy (non-hydrogen) atoms. The van der Waals surface area contributed by atoms with E-state index in [9.17, 15) is 9.59 Å². The number of imide groups is 1. The zero-order valence-electron chi connectivity index (χ0n) is 17.4. The molecule has 0 atom stereocenters. The number of nitrogens with one attached hydrogen (secondary N) is 1. The summed E-state index contributed by atoms with van der Waals surface area (Å²) in [4.78, 5) is 45.5. The van der Waals surface area contributed by atoms with Crippen LogP contribution >= 0.6 is 11.8 Å². The van der Waals surface area contributed by atoms with Gasteiger partial charge in [0.15, 0.2) is 0 Å². The Labute approximate surface area is 193 Å². The van der Waals surface area contributed by atoms with Crippen LogP contribution in [0.25, 0.3) is 6.08 Å². The zero-order chi connectivity index (χ0) is 22.6. The van der Waals surface area contributed by atoms with E-state index >= 15 is 0 Å². The quantitative estimate of drug-likeness (QED) is 0.569. The maximum atomic E-state index is 12.0. The summed E-state index contributed by atoms with van der Waals surface area (Å²) in [5.41, 5.74) is 1.45. The van der Waals surface area contributed by atoms with E-state index in [4.69, 9.17) is 4.74 Å². The molecule has 2 saturated heterocycles. The third kappa shape index (κ3) is 4.93. The number of amides is 2. The second-order valence-corrected chi connectivity index (χ2v) is 8.28. The molecule has 2 aliphatic heterocycles. The largest absolute Gasteiger partial charge is 0.439 e. The number of carbonyl (C=O) groups is 2. The molecule has 10 nitrogen and oxygen atoms in total. The highest BCUT2D eigenvalue weighted by molar-refractivity contribution is 8.18. The van der Waals surface area contributed by atoms with Crippen molar-refractivity contribution >= 4 is 40.6 Å². The molecule has 11 heteroatoms. The first-order valence-corrected chi connectivity index (χ1v) is 11.1. The minimum absolute atomic E-state index is 0.282. The van der Waals surface area contributed by atoms with Gasteiger partial charge in [0.05, 0.1) is 28.7 Å². The van der Waals surface area contributed by atoms with Crippen LogP contribution in [-0.2, 0) is 4.79 Å². The Hall–Kier alpha value is -3.99. The van der Waals surface area contributed by atoms with Crippen molar-refractivity contribution in [2.75, 3.05) is 36.0 Å². The number of rotatable bonds is 5. The number of anilines is 2. The number of carbonyl (C=O) groups excluding carboxylic acids is 2. The van der Waals surface area contributed by atoms with E-state index in [-0.39, 0.29) is 4.91 Å². The van der Waals surface area contributed by atoms with Gasteiger partial charge in [-0.3, -0.25) is 14.9 Å². The van der Waals surface area contributed by atoms with Gasteiger partial charge in [0.1, 0.15) is 12.1 Å². The maximum absolute atomic E-state index is 12.0. The SMILES string of the molecule is O=C1NC(=O)/C(=C/c2cc(Oc3ccccc3)nc(N3CCN(c4cncnc4)CC3)n2)S1. The average Bonchev–Trinajstić information content (AvgIpc) is 3.16. The van der Waals surface area contributed by atoms with Crippen LogP contribution in [0.15, 0.2) is 60.0 Å². The van der Waals surface area contributed by atoms with E-state index in [1.165, 1.54) is 6.33 Å². The van der Waals surface area contributed by atoms with Crippen molar-refractivity contribution in [3.05, 3.63) is 65.7 Å². The van der Waals surface area contributed by atoms with Gasteiger partial charge in [-0.1, -0.05) is 18.2 Å². The fourth-order valence-corrected chi connectivity index (χ4v) is 4.15. The fraction of sp³-hybridized carbons (Fsp3) is 0.182. The fourth-order valence-electron chi connectivity index (χ4n) is 3.48. The Kier molecular flexibility index (Phi) is 5.85. The number of ether oxygens (including phenoxy) is 1. The number of nitrogens with zero attached hydrogens (tertiary/aromatic N) is 6. The Balaban J connectivity index is 1.41. The van der Waals surface area contributed by atoms with E-state index < -0.39 is 11.1 Å². The summed E-state index contributed by atoms with van der Waals surface area (Å²) in [7, 11) is 0. The molecule has 0 unspecified atom stereocenters. The van der Waals surface area contributed by atoms with Crippen LogP contribution in [0.3, 0.4) is 0 Å². The number of piperazine rings is 1. The summed E-state index contributed by atoms with van der Waals surface area (Å²) < 4.78 is 5.95. The van der Waals surface area contributed by atoms with E-state index in [2.05, 4.69) is 35.1 Å². The summed E-state index contributed by atoms with van der Waals surface area (Å²) in [5, 5.41) is 1.86. The first-order chi connectivity index (χ1) is 16.1. The number of para-hydroxylation sites is 1.